The summed E-state index contributed by atoms with van der Waals surface area (Å²) in [6.07, 6.45) is 0. The fourth-order valence-electron chi connectivity index (χ4n) is 2.50. The molecule has 0 saturated heterocycles. The van der Waals surface area contributed by atoms with Crippen LogP contribution in [-0.4, -0.2) is 27.6 Å². The number of hydrogen-bond acceptors (Lipinski definition) is 5. The molecule has 0 heterocycles. The standard InChI is InChI=1S/C19H17NO5S/c20-26(22,23)16-10-8-15(9-11-16)24-12-13-25-19(21)18-7-3-5-14-4-1-2-6-17(14)18/h1-11H,12-13H2,(H2,20,22,23). The van der Waals surface area contributed by atoms with Gasteiger partial charge in [-0.1, -0.05) is 36.4 Å². The number of nitrogens with two attached hydrogens (primary N) is 1. The van der Waals surface area contributed by atoms with Crippen molar-refractivity contribution in [3.8, 4) is 5.75 Å². The maximum Gasteiger partial charge on any atom is 0.338 e. The number of ether oxygens (including phenoxy) is 2. The molecule has 26 heavy (non-hydrogen) atoms. The van der Waals surface area contributed by atoms with Gasteiger partial charge in [0.25, 0.3) is 0 Å². The predicted molar refractivity (Wildman–Crippen MR) is 97.5 cm³/mol. The molecule has 0 aromatic heterocycles. The lowest BCUT2D eigenvalue weighted by molar-refractivity contribution is 0.0452. The van der Waals surface area contributed by atoms with Crippen molar-refractivity contribution < 1.29 is 22.7 Å². The molecule has 134 valence electrons. The molecule has 0 atom stereocenters. The van der Waals surface area contributed by atoms with Crippen LogP contribution in [0.15, 0.2) is 71.6 Å². The van der Waals surface area contributed by atoms with Crippen molar-refractivity contribution in [2.45, 2.75) is 4.90 Å². The van der Waals surface area contributed by atoms with Crippen LogP contribution in [0, 0.1) is 0 Å². The van der Waals surface area contributed by atoms with Gasteiger partial charge in [0.15, 0.2) is 0 Å². The SMILES string of the molecule is NS(=O)(=O)c1ccc(OCCOC(=O)c2cccc3ccccc23)cc1. The normalized spacial score (nSPS) is 11.3. The van der Waals surface area contributed by atoms with Crippen molar-refractivity contribution in [2.75, 3.05) is 13.2 Å². The van der Waals surface area contributed by atoms with Crippen LogP contribution in [-0.2, 0) is 14.8 Å². The summed E-state index contributed by atoms with van der Waals surface area (Å²) in [6.45, 7) is 0.213. The van der Waals surface area contributed by atoms with Gasteiger partial charge in [-0.05, 0) is 41.1 Å². The molecule has 0 bridgehead atoms. The molecular formula is C19H17NO5S. The van der Waals surface area contributed by atoms with E-state index in [0.717, 1.165) is 10.8 Å². The van der Waals surface area contributed by atoms with E-state index in [-0.39, 0.29) is 18.1 Å². The van der Waals surface area contributed by atoms with Crippen LogP contribution in [0.4, 0.5) is 0 Å². The number of carbonyl (C=O) groups excluding carboxylic acids is 1. The Morgan fingerprint density at radius 3 is 2.31 bits per heavy atom. The lowest BCUT2D eigenvalue weighted by Crippen LogP contribution is -2.13. The number of hydrogen-bond donors (Lipinski definition) is 1. The maximum absolute atomic E-state index is 12.3. The molecule has 0 aliphatic rings. The van der Waals surface area contributed by atoms with Crippen LogP contribution >= 0.6 is 0 Å². The van der Waals surface area contributed by atoms with E-state index < -0.39 is 16.0 Å². The Hall–Kier alpha value is -2.90. The number of primary sulfonamides is 1. The van der Waals surface area contributed by atoms with Crippen molar-refractivity contribution in [2.24, 2.45) is 5.14 Å². The first kappa shape index (κ1) is 17.9. The summed E-state index contributed by atoms with van der Waals surface area (Å²) in [4.78, 5) is 12.3. The van der Waals surface area contributed by atoms with Crippen LogP contribution in [0.1, 0.15) is 10.4 Å². The second-order valence-corrected chi connectivity index (χ2v) is 7.09. The maximum atomic E-state index is 12.3. The first-order valence-corrected chi connectivity index (χ1v) is 9.40. The number of rotatable bonds is 6. The third-order valence-electron chi connectivity index (χ3n) is 3.75. The van der Waals surface area contributed by atoms with Gasteiger partial charge in [-0.25, -0.2) is 18.4 Å². The quantitative estimate of drug-likeness (QED) is 0.531. The van der Waals surface area contributed by atoms with Crippen molar-refractivity contribution >= 4 is 26.8 Å². The highest BCUT2D eigenvalue weighted by Crippen LogP contribution is 2.19. The second-order valence-electron chi connectivity index (χ2n) is 5.53. The summed E-state index contributed by atoms with van der Waals surface area (Å²) < 4.78 is 33.1. The fourth-order valence-corrected chi connectivity index (χ4v) is 3.02. The Kier molecular flexibility index (Phi) is 5.20. The largest absolute Gasteiger partial charge is 0.490 e. The first-order valence-electron chi connectivity index (χ1n) is 7.86. The van der Waals surface area contributed by atoms with E-state index in [0.29, 0.717) is 11.3 Å². The zero-order valence-electron chi connectivity index (χ0n) is 13.8. The number of sulfonamides is 1. The zero-order chi connectivity index (χ0) is 18.6. The molecule has 6 nitrogen and oxygen atoms in total. The van der Waals surface area contributed by atoms with E-state index in [9.17, 15) is 13.2 Å². The molecule has 0 fully saturated rings. The Balaban J connectivity index is 1.55. The highest BCUT2D eigenvalue weighted by Gasteiger charge is 2.11. The van der Waals surface area contributed by atoms with E-state index in [4.69, 9.17) is 14.6 Å². The van der Waals surface area contributed by atoms with Gasteiger partial charge in [-0.15, -0.1) is 0 Å². The van der Waals surface area contributed by atoms with E-state index in [2.05, 4.69) is 0 Å². The number of benzene rings is 3. The van der Waals surface area contributed by atoms with Gasteiger partial charge in [0, 0.05) is 0 Å². The number of esters is 1. The summed E-state index contributed by atoms with van der Waals surface area (Å²) >= 11 is 0. The monoisotopic (exact) mass is 371 g/mol. The molecular weight excluding hydrogens is 354 g/mol. The van der Waals surface area contributed by atoms with Crippen molar-refractivity contribution in [3.05, 3.63) is 72.3 Å². The summed E-state index contributed by atoms with van der Waals surface area (Å²) in [5, 5.41) is 6.83. The Morgan fingerprint density at radius 2 is 1.58 bits per heavy atom. The van der Waals surface area contributed by atoms with Gasteiger partial charge in [0.2, 0.25) is 10.0 Å². The molecule has 0 aliphatic heterocycles. The predicted octanol–water partition coefficient (Wildman–Crippen LogP) is 2.72. The molecule has 0 spiro atoms. The molecule has 0 saturated carbocycles. The van der Waals surface area contributed by atoms with Crippen LogP contribution in [0.25, 0.3) is 10.8 Å². The van der Waals surface area contributed by atoms with Gasteiger partial charge in [0.05, 0.1) is 10.5 Å². The molecule has 3 aromatic rings. The van der Waals surface area contributed by atoms with Gasteiger partial charge in [0.1, 0.15) is 19.0 Å². The molecule has 7 heteroatoms. The number of fused-ring (bicyclic) bond motifs is 1. The van der Waals surface area contributed by atoms with E-state index in [1.807, 2.05) is 36.4 Å². The highest BCUT2D eigenvalue weighted by atomic mass is 32.2. The minimum Gasteiger partial charge on any atom is -0.490 e. The van der Waals surface area contributed by atoms with Gasteiger partial charge in [-0.3, -0.25) is 0 Å². The van der Waals surface area contributed by atoms with Crippen LogP contribution in [0.2, 0.25) is 0 Å². The number of carbonyl (C=O) groups is 1. The van der Waals surface area contributed by atoms with E-state index >= 15 is 0 Å². The van der Waals surface area contributed by atoms with Crippen molar-refractivity contribution in [1.29, 1.82) is 0 Å². The average Bonchev–Trinajstić information content (AvgIpc) is 2.64. The average molecular weight is 371 g/mol. The molecule has 0 aliphatic carbocycles. The summed E-state index contributed by atoms with van der Waals surface area (Å²) in [7, 11) is -3.73. The highest BCUT2D eigenvalue weighted by molar-refractivity contribution is 7.89. The Labute approximate surface area is 151 Å². The third kappa shape index (κ3) is 4.19. The summed E-state index contributed by atoms with van der Waals surface area (Å²) in [5.41, 5.74) is 0.501. The van der Waals surface area contributed by atoms with E-state index in [1.165, 1.54) is 24.3 Å². The minimum atomic E-state index is -3.73. The molecule has 2 N–H and O–H groups in total. The van der Waals surface area contributed by atoms with Crippen LogP contribution in [0.5, 0.6) is 5.75 Å². The molecule has 0 amide bonds. The van der Waals surface area contributed by atoms with Gasteiger partial charge >= 0.3 is 5.97 Å². The van der Waals surface area contributed by atoms with Crippen LogP contribution in [0.3, 0.4) is 0 Å². The second kappa shape index (κ2) is 7.55. The lowest BCUT2D eigenvalue weighted by Gasteiger charge is -2.09. The molecule has 3 rings (SSSR count). The first-order chi connectivity index (χ1) is 12.4. The third-order valence-corrected chi connectivity index (χ3v) is 4.68. The molecule has 0 radical (unpaired) electrons. The topological polar surface area (TPSA) is 95.7 Å². The smallest absolute Gasteiger partial charge is 0.338 e. The summed E-state index contributed by atoms with van der Waals surface area (Å²) in [5.74, 6) is 0.0357. The van der Waals surface area contributed by atoms with Gasteiger partial charge < -0.3 is 9.47 Å². The van der Waals surface area contributed by atoms with Gasteiger partial charge in [-0.2, -0.15) is 0 Å². The zero-order valence-corrected chi connectivity index (χ0v) is 14.6. The summed E-state index contributed by atoms with van der Waals surface area (Å²) in [6, 6.07) is 18.7. The van der Waals surface area contributed by atoms with Crippen molar-refractivity contribution in [1.82, 2.24) is 0 Å². The minimum absolute atomic E-state index is 0.00670. The fraction of sp³-hybridized carbons (Fsp3) is 0.105. The van der Waals surface area contributed by atoms with Crippen LogP contribution < -0.4 is 9.88 Å². The van der Waals surface area contributed by atoms with E-state index in [1.54, 1.807) is 6.07 Å². The lowest BCUT2D eigenvalue weighted by atomic mass is 10.1. The molecule has 3 aromatic carbocycles. The Bertz CT molecular complexity index is 1020. The Morgan fingerprint density at radius 1 is 0.885 bits per heavy atom. The molecule has 0 unspecified atom stereocenters. The van der Waals surface area contributed by atoms with Crippen molar-refractivity contribution in [3.63, 3.8) is 0 Å².